The number of aryl methyl sites for hydroxylation is 1. The van der Waals surface area contributed by atoms with Gasteiger partial charge in [0, 0.05) is 15.1 Å². The van der Waals surface area contributed by atoms with Crippen molar-refractivity contribution in [2.45, 2.75) is 26.2 Å². The minimum absolute atomic E-state index is 0.0360. The number of rotatable bonds is 5. The van der Waals surface area contributed by atoms with E-state index in [0.717, 1.165) is 33.9 Å². The van der Waals surface area contributed by atoms with Gasteiger partial charge in [-0.05, 0) is 62.4 Å². The first-order valence-electron chi connectivity index (χ1n) is 5.87. The average Bonchev–Trinajstić information content (AvgIpc) is 2.40. The van der Waals surface area contributed by atoms with Crippen LogP contribution >= 0.6 is 31.9 Å². The largest absolute Gasteiger partial charge is 0.358 e. The van der Waals surface area contributed by atoms with Crippen molar-refractivity contribution in [1.82, 2.24) is 0 Å². The number of nitrogens with zero attached hydrogens (tertiary/aromatic N) is 2. The molecule has 0 aromatic heterocycles. The highest BCUT2D eigenvalue weighted by Crippen LogP contribution is 2.33. The second-order valence-electron chi connectivity index (χ2n) is 3.96. The summed E-state index contributed by atoms with van der Waals surface area (Å²) in [7, 11) is 0. The lowest BCUT2D eigenvalue weighted by molar-refractivity contribution is 0.794. The molecule has 0 saturated carbocycles. The summed E-state index contributed by atoms with van der Waals surface area (Å²) in [4.78, 5) is 0. The average molecular weight is 383 g/mol. The van der Waals surface area contributed by atoms with Crippen LogP contribution in [-0.4, -0.2) is 0 Å². The summed E-state index contributed by atoms with van der Waals surface area (Å²) in [6.07, 6.45) is 4.74. The maximum absolute atomic E-state index is 8.68. The fourth-order valence-corrected chi connectivity index (χ4v) is 3.03. The Bertz CT molecular complexity index is 526. The summed E-state index contributed by atoms with van der Waals surface area (Å²) in [5.41, 5.74) is 2.09. The zero-order valence-corrected chi connectivity index (χ0v) is 13.7. The second kappa shape index (κ2) is 7.99. The molecule has 0 aliphatic heterocycles. The normalized spacial score (nSPS) is 9.32. The number of anilines is 1. The van der Waals surface area contributed by atoms with Crippen LogP contribution in [0.2, 0.25) is 0 Å². The van der Waals surface area contributed by atoms with Crippen LogP contribution in [0.25, 0.3) is 0 Å². The van der Waals surface area contributed by atoms with Crippen molar-refractivity contribution < 1.29 is 0 Å². The molecular formula is C14H13Br2N3. The Morgan fingerprint density at radius 2 is 1.84 bits per heavy atom. The molecule has 0 bridgehead atoms. The van der Waals surface area contributed by atoms with Crippen LogP contribution in [0.4, 0.5) is 5.69 Å². The van der Waals surface area contributed by atoms with E-state index in [1.165, 1.54) is 11.8 Å². The van der Waals surface area contributed by atoms with Gasteiger partial charge in [-0.2, -0.15) is 10.5 Å². The molecule has 0 aliphatic carbocycles. The smallest absolute Gasteiger partial charge is 0.145 e. The summed E-state index contributed by atoms with van der Waals surface area (Å²) < 4.78 is 1.80. The van der Waals surface area contributed by atoms with Crippen LogP contribution in [0.3, 0.4) is 0 Å². The van der Waals surface area contributed by atoms with E-state index in [0.29, 0.717) is 0 Å². The second-order valence-corrected chi connectivity index (χ2v) is 5.67. The number of hydrogen-bond acceptors (Lipinski definition) is 3. The molecule has 5 heteroatoms. The summed E-state index contributed by atoms with van der Waals surface area (Å²) in [6.45, 7) is 2.16. The minimum Gasteiger partial charge on any atom is -0.358 e. The van der Waals surface area contributed by atoms with Gasteiger partial charge in [-0.1, -0.05) is 13.3 Å². The molecule has 0 atom stereocenters. The Kier molecular flexibility index (Phi) is 6.62. The number of benzene rings is 1. The first-order valence-corrected chi connectivity index (χ1v) is 7.45. The van der Waals surface area contributed by atoms with E-state index in [1.807, 2.05) is 12.1 Å². The molecule has 0 unspecified atom stereocenters. The Hall–Kier alpha value is -1.30. The quantitative estimate of drug-likeness (QED) is 0.737. The van der Waals surface area contributed by atoms with Crippen LogP contribution in [0.15, 0.2) is 32.9 Å². The Morgan fingerprint density at radius 3 is 2.32 bits per heavy atom. The molecule has 19 heavy (non-hydrogen) atoms. The molecule has 3 nitrogen and oxygen atoms in total. The summed E-state index contributed by atoms with van der Waals surface area (Å²) >= 11 is 6.99. The monoisotopic (exact) mass is 381 g/mol. The molecule has 1 aromatic carbocycles. The number of hydrogen-bond donors (Lipinski definition) is 1. The lowest BCUT2D eigenvalue weighted by Gasteiger charge is -2.10. The molecule has 0 saturated heterocycles. The van der Waals surface area contributed by atoms with Crippen molar-refractivity contribution in [3.05, 3.63) is 38.4 Å². The SMILES string of the molecule is CCCCc1cc(Br)c(NC=C(C#N)C#N)c(Br)c1. The molecule has 98 valence electrons. The first-order chi connectivity index (χ1) is 9.12. The number of unbranched alkanes of at least 4 members (excludes halogenated alkanes) is 1. The van der Waals surface area contributed by atoms with Gasteiger partial charge in [-0.3, -0.25) is 0 Å². The van der Waals surface area contributed by atoms with E-state index in [9.17, 15) is 0 Å². The molecule has 1 aromatic rings. The molecule has 0 fully saturated rings. The Balaban J connectivity index is 2.95. The third-order valence-electron chi connectivity index (χ3n) is 2.52. The summed E-state index contributed by atoms with van der Waals surface area (Å²) in [6, 6.07) is 7.72. The molecule has 0 radical (unpaired) electrons. The fourth-order valence-electron chi connectivity index (χ4n) is 1.52. The van der Waals surface area contributed by atoms with E-state index >= 15 is 0 Å². The molecule has 0 aliphatic rings. The van der Waals surface area contributed by atoms with Gasteiger partial charge in [0.05, 0.1) is 5.69 Å². The van der Waals surface area contributed by atoms with Gasteiger partial charge in [0.15, 0.2) is 0 Å². The van der Waals surface area contributed by atoms with Crippen LogP contribution < -0.4 is 5.32 Å². The molecular weight excluding hydrogens is 370 g/mol. The van der Waals surface area contributed by atoms with Crippen molar-refractivity contribution in [2.75, 3.05) is 5.32 Å². The van der Waals surface area contributed by atoms with Gasteiger partial charge in [-0.25, -0.2) is 0 Å². The van der Waals surface area contributed by atoms with Gasteiger partial charge >= 0.3 is 0 Å². The highest BCUT2D eigenvalue weighted by Gasteiger charge is 2.07. The van der Waals surface area contributed by atoms with Crippen molar-refractivity contribution >= 4 is 37.5 Å². The van der Waals surface area contributed by atoms with Crippen molar-refractivity contribution in [3.63, 3.8) is 0 Å². The van der Waals surface area contributed by atoms with Gasteiger partial charge < -0.3 is 5.32 Å². The molecule has 1 N–H and O–H groups in total. The van der Waals surface area contributed by atoms with E-state index in [4.69, 9.17) is 10.5 Å². The van der Waals surface area contributed by atoms with Gasteiger partial charge in [-0.15, -0.1) is 0 Å². The predicted molar refractivity (Wildman–Crippen MR) is 83.4 cm³/mol. The van der Waals surface area contributed by atoms with Crippen LogP contribution in [0.1, 0.15) is 25.3 Å². The topological polar surface area (TPSA) is 59.6 Å². The van der Waals surface area contributed by atoms with Crippen molar-refractivity contribution in [3.8, 4) is 12.1 Å². The Labute approximate surface area is 130 Å². The molecule has 1 rings (SSSR count). The van der Waals surface area contributed by atoms with Crippen LogP contribution in [0, 0.1) is 22.7 Å². The summed E-state index contributed by atoms with van der Waals surface area (Å²) in [5.74, 6) is 0. The van der Waals surface area contributed by atoms with Crippen LogP contribution in [-0.2, 0) is 6.42 Å². The van der Waals surface area contributed by atoms with Gasteiger partial charge in [0.2, 0.25) is 0 Å². The summed E-state index contributed by atoms with van der Waals surface area (Å²) in [5, 5.41) is 20.3. The van der Waals surface area contributed by atoms with Crippen molar-refractivity contribution in [1.29, 1.82) is 10.5 Å². The minimum atomic E-state index is 0.0360. The van der Waals surface area contributed by atoms with E-state index in [2.05, 4.69) is 56.2 Å². The standard InChI is InChI=1S/C14H13Br2N3/c1-2-3-4-10-5-12(15)14(13(16)6-10)19-9-11(7-17)8-18/h5-6,9,19H,2-4H2,1H3. The fraction of sp³-hybridized carbons (Fsp3) is 0.286. The van der Waals surface area contributed by atoms with Gasteiger partial charge in [0.25, 0.3) is 0 Å². The third-order valence-corrected chi connectivity index (χ3v) is 3.77. The lowest BCUT2D eigenvalue weighted by atomic mass is 10.1. The third kappa shape index (κ3) is 4.70. The van der Waals surface area contributed by atoms with Gasteiger partial charge in [0.1, 0.15) is 17.7 Å². The number of nitrogens with one attached hydrogen (secondary N) is 1. The highest BCUT2D eigenvalue weighted by atomic mass is 79.9. The maximum Gasteiger partial charge on any atom is 0.145 e. The first kappa shape index (κ1) is 15.8. The zero-order valence-electron chi connectivity index (χ0n) is 10.5. The molecule has 0 amide bonds. The van der Waals surface area contributed by atoms with E-state index < -0.39 is 0 Å². The van der Waals surface area contributed by atoms with E-state index in [1.54, 1.807) is 0 Å². The zero-order chi connectivity index (χ0) is 14.3. The molecule has 0 spiro atoms. The lowest BCUT2D eigenvalue weighted by Crippen LogP contribution is -1.95. The predicted octanol–water partition coefficient (Wildman–Crippen LogP) is 4.90. The number of allylic oxidation sites excluding steroid dienone is 1. The Morgan fingerprint density at radius 1 is 1.26 bits per heavy atom. The number of nitriles is 2. The highest BCUT2D eigenvalue weighted by molar-refractivity contribution is 9.11. The molecule has 0 heterocycles. The van der Waals surface area contributed by atoms with E-state index in [-0.39, 0.29) is 5.57 Å². The van der Waals surface area contributed by atoms with Crippen LogP contribution in [0.5, 0.6) is 0 Å². The maximum atomic E-state index is 8.68. The number of halogens is 2. The van der Waals surface area contributed by atoms with Crippen molar-refractivity contribution in [2.24, 2.45) is 0 Å².